The average molecular weight is 1310 g/mol. The van der Waals surface area contributed by atoms with Gasteiger partial charge >= 0.3 is 39.5 Å². The fourth-order valence-electron chi connectivity index (χ4n) is 10.5. The van der Waals surface area contributed by atoms with Crippen molar-refractivity contribution >= 4 is 39.5 Å². The van der Waals surface area contributed by atoms with Crippen molar-refractivity contribution in [3.8, 4) is 0 Å². The van der Waals surface area contributed by atoms with Gasteiger partial charge in [-0.3, -0.25) is 37.3 Å². The van der Waals surface area contributed by atoms with Gasteiger partial charge in [0, 0.05) is 25.7 Å². The van der Waals surface area contributed by atoms with Crippen molar-refractivity contribution in [3.05, 3.63) is 0 Å². The van der Waals surface area contributed by atoms with Gasteiger partial charge in [0.2, 0.25) is 0 Å². The molecule has 17 nitrogen and oxygen atoms in total. The van der Waals surface area contributed by atoms with Crippen molar-refractivity contribution in [2.45, 2.75) is 363 Å². The zero-order valence-corrected chi connectivity index (χ0v) is 59.8. The first-order chi connectivity index (χ1) is 42.6. The number of carbonyl (C=O) groups is 4. The summed E-state index contributed by atoms with van der Waals surface area (Å²) < 4.78 is 68.2. The van der Waals surface area contributed by atoms with Gasteiger partial charge in [0.1, 0.15) is 19.3 Å². The van der Waals surface area contributed by atoms with Gasteiger partial charge < -0.3 is 33.8 Å². The van der Waals surface area contributed by atoms with E-state index in [0.717, 1.165) is 108 Å². The van der Waals surface area contributed by atoms with Gasteiger partial charge in [-0.2, -0.15) is 0 Å². The standard InChI is InChI=1S/C70H136O17P2/c1-60(2)46-38-30-22-18-15-13-11-9-10-12-14-16-20-24-34-42-50-67(72)80-56-65(86-69(74)52-44-36-25-21-17-19-23-31-39-47-61(3)4)58-84-88(76,77)82-54-64(71)55-83-89(78,79)85-59-66(87-70(75)53-45-37-29-27-33-41-49-63(7)8)57-81-68(73)51-43-35-28-26-32-40-48-62(5)6/h60-66,71H,9-59H2,1-8H3,(H,76,77)(H,78,79)/t64-,65-,66-/m1/s1. The Kier molecular flexibility index (Phi) is 58.5. The predicted molar refractivity (Wildman–Crippen MR) is 358 cm³/mol. The molecule has 19 heteroatoms. The topological polar surface area (TPSA) is 237 Å². The van der Waals surface area contributed by atoms with Gasteiger partial charge in [-0.05, 0) is 49.4 Å². The van der Waals surface area contributed by atoms with Crippen LogP contribution in [-0.2, 0) is 65.4 Å². The van der Waals surface area contributed by atoms with E-state index in [4.69, 9.17) is 37.0 Å². The van der Waals surface area contributed by atoms with Crippen LogP contribution in [-0.4, -0.2) is 96.7 Å². The fourth-order valence-corrected chi connectivity index (χ4v) is 12.1. The third-order valence-corrected chi connectivity index (χ3v) is 18.0. The number of esters is 4. The predicted octanol–water partition coefficient (Wildman–Crippen LogP) is 19.7. The quantitative estimate of drug-likeness (QED) is 0.0222. The number of rotatable bonds is 67. The first kappa shape index (κ1) is 87.1. The van der Waals surface area contributed by atoms with Gasteiger partial charge in [0.15, 0.2) is 12.2 Å². The highest BCUT2D eigenvalue weighted by Crippen LogP contribution is 2.45. The van der Waals surface area contributed by atoms with Crippen molar-refractivity contribution in [2.75, 3.05) is 39.6 Å². The lowest BCUT2D eigenvalue weighted by atomic mass is 10.0. The normalized spacial score (nSPS) is 14.3. The van der Waals surface area contributed by atoms with Crippen molar-refractivity contribution in [3.63, 3.8) is 0 Å². The number of ether oxygens (including phenoxy) is 4. The van der Waals surface area contributed by atoms with Crippen LogP contribution in [0.4, 0.5) is 0 Å². The molecular weight excluding hydrogens is 1170 g/mol. The lowest BCUT2D eigenvalue weighted by Crippen LogP contribution is -2.30. The summed E-state index contributed by atoms with van der Waals surface area (Å²) in [6.45, 7) is 14.0. The second-order valence-electron chi connectivity index (χ2n) is 27.2. The van der Waals surface area contributed by atoms with Gasteiger partial charge in [0.05, 0.1) is 26.4 Å². The minimum Gasteiger partial charge on any atom is -0.462 e. The Morgan fingerprint density at radius 2 is 0.472 bits per heavy atom. The van der Waals surface area contributed by atoms with Crippen molar-refractivity contribution in [1.29, 1.82) is 0 Å². The Bertz CT molecular complexity index is 1760. The van der Waals surface area contributed by atoms with Crippen LogP contribution in [0.3, 0.4) is 0 Å². The van der Waals surface area contributed by atoms with E-state index in [9.17, 15) is 43.2 Å². The van der Waals surface area contributed by atoms with Crippen LogP contribution >= 0.6 is 15.6 Å². The number of unbranched alkanes of at least 4 members (excludes halogenated alkanes) is 33. The van der Waals surface area contributed by atoms with Crippen molar-refractivity contribution in [1.82, 2.24) is 0 Å². The average Bonchev–Trinajstić information content (AvgIpc) is 3.53. The monoisotopic (exact) mass is 1310 g/mol. The van der Waals surface area contributed by atoms with Crippen LogP contribution < -0.4 is 0 Å². The Morgan fingerprint density at radius 1 is 0.281 bits per heavy atom. The molecule has 0 saturated heterocycles. The molecule has 0 radical (unpaired) electrons. The molecule has 0 aliphatic rings. The van der Waals surface area contributed by atoms with E-state index >= 15 is 0 Å². The maximum absolute atomic E-state index is 13.0. The number of hydrogen-bond donors (Lipinski definition) is 3. The van der Waals surface area contributed by atoms with Gasteiger partial charge in [-0.15, -0.1) is 0 Å². The van der Waals surface area contributed by atoms with Crippen LogP contribution in [0.5, 0.6) is 0 Å². The molecule has 89 heavy (non-hydrogen) atoms. The summed E-state index contributed by atoms with van der Waals surface area (Å²) in [5, 5.41) is 10.6. The molecular formula is C70H136O17P2. The maximum atomic E-state index is 13.0. The molecule has 0 aliphatic heterocycles. The molecule has 0 aliphatic carbocycles. The molecule has 0 aromatic rings. The van der Waals surface area contributed by atoms with Gasteiger partial charge in [0.25, 0.3) is 0 Å². The lowest BCUT2D eigenvalue weighted by molar-refractivity contribution is -0.161. The molecule has 528 valence electrons. The van der Waals surface area contributed by atoms with E-state index in [2.05, 4.69) is 55.4 Å². The number of aliphatic hydroxyl groups is 1. The number of phosphoric acid groups is 2. The first-order valence-corrected chi connectivity index (χ1v) is 39.2. The van der Waals surface area contributed by atoms with Crippen molar-refractivity contribution in [2.24, 2.45) is 23.7 Å². The van der Waals surface area contributed by atoms with Crippen LogP contribution in [0, 0.1) is 23.7 Å². The number of aliphatic hydroxyl groups excluding tert-OH is 1. The fraction of sp³-hybridized carbons (Fsp3) is 0.943. The zero-order chi connectivity index (χ0) is 66.1. The van der Waals surface area contributed by atoms with Crippen LogP contribution in [0.25, 0.3) is 0 Å². The maximum Gasteiger partial charge on any atom is 0.472 e. The Balaban J connectivity index is 5.17. The second kappa shape index (κ2) is 59.8. The van der Waals surface area contributed by atoms with E-state index in [1.807, 2.05) is 0 Å². The molecule has 0 heterocycles. The SMILES string of the molecule is CC(C)CCCCCCCCCCCCCCCCCCC(=O)OC[C@H](COP(=O)(O)OC[C@@H](O)COP(=O)(O)OC[C@@H](COC(=O)CCCCCCCCC(C)C)OC(=O)CCCCCCCCC(C)C)OC(=O)CCCCCCCCCCCC(C)C. The van der Waals surface area contributed by atoms with E-state index in [1.54, 1.807) is 0 Å². The van der Waals surface area contributed by atoms with E-state index in [-0.39, 0.29) is 25.7 Å². The summed E-state index contributed by atoms with van der Waals surface area (Å²) in [6, 6.07) is 0. The van der Waals surface area contributed by atoms with Gasteiger partial charge in [-0.1, -0.05) is 293 Å². The third kappa shape index (κ3) is 64.6. The van der Waals surface area contributed by atoms with Crippen LogP contribution in [0.2, 0.25) is 0 Å². The summed E-state index contributed by atoms with van der Waals surface area (Å²) in [4.78, 5) is 72.4. The second-order valence-corrected chi connectivity index (χ2v) is 30.1. The summed E-state index contributed by atoms with van der Waals surface area (Å²) in [6.07, 6.45) is 42.2. The number of hydrogen-bond acceptors (Lipinski definition) is 15. The minimum atomic E-state index is -4.95. The molecule has 0 rings (SSSR count). The Morgan fingerprint density at radius 3 is 0.697 bits per heavy atom. The van der Waals surface area contributed by atoms with E-state index in [1.165, 1.54) is 141 Å². The van der Waals surface area contributed by atoms with Gasteiger partial charge in [-0.25, -0.2) is 9.13 Å². The summed E-state index contributed by atoms with van der Waals surface area (Å²) in [5.74, 6) is 0.761. The minimum absolute atomic E-state index is 0.101. The first-order valence-electron chi connectivity index (χ1n) is 36.2. The van der Waals surface area contributed by atoms with E-state index < -0.39 is 97.5 Å². The molecule has 0 amide bonds. The highest BCUT2D eigenvalue weighted by molar-refractivity contribution is 7.47. The smallest absolute Gasteiger partial charge is 0.462 e. The highest BCUT2D eigenvalue weighted by atomic mass is 31.2. The van der Waals surface area contributed by atoms with Crippen LogP contribution in [0.1, 0.15) is 344 Å². The molecule has 5 atom stereocenters. The number of phosphoric ester groups is 2. The molecule has 0 aromatic heterocycles. The Hall–Kier alpha value is -1.94. The number of carbonyl (C=O) groups excluding carboxylic acids is 4. The highest BCUT2D eigenvalue weighted by Gasteiger charge is 2.30. The third-order valence-electron chi connectivity index (χ3n) is 16.1. The molecule has 2 unspecified atom stereocenters. The molecule has 0 aromatic carbocycles. The summed E-state index contributed by atoms with van der Waals surface area (Å²) in [7, 11) is -9.90. The molecule has 0 saturated carbocycles. The van der Waals surface area contributed by atoms with E-state index in [0.29, 0.717) is 37.5 Å². The molecule has 0 fully saturated rings. The Labute approximate surface area is 543 Å². The summed E-state index contributed by atoms with van der Waals surface area (Å²) >= 11 is 0. The molecule has 0 bridgehead atoms. The molecule has 3 N–H and O–H groups in total. The molecule has 0 spiro atoms. The lowest BCUT2D eigenvalue weighted by Gasteiger charge is -2.21. The van der Waals surface area contributed by atoms with Crippen LogP contribution in [0.15, 0.2) is 0 Å². The summed E-state index contributed by atoms with van der Waals surface area (Å²) in [5.41, 5.74) is 0. The largest absolute Gasteiger partial charge is 0.472 e. The zero-order valence-electron chi connectivity index (χ0n) is 58.1. The van der Waals surface area contributed by atoms with Crippen molar-refractivity contribution < 1.29 is 80.2 Å².